The van der Waals surface area contributed by atoms with Crippen molar-refractivity contribution in [3.8, 4) is 5.75 Å². The lowest BCUT2D eigenvalue weighted by Crippen LogP contribution is -2.00. The quantitative estimate of drug-likeness (QED) is 0.729. The van der Waals surface area contributed by atoms with E-state index in [9.17, 15) is 4.79 Å². The summed E-state index contributed by atoms with van der Waals surface area (Å²) in [6, 6.07) is 5.91. The van der Waals surface area contributed by atoms with E-state index in [1.807, 2.05) is 0 Å². The smallest absolute Gasteiger partial charge is 0.268 e. The van der Waals surface area contributed by atoms with Gasteiger partial charge < -0.3 is 9.52 Å². The highest BCUT2D eigenvalue weighted by atomic mass is 16.3. The van der Waals surface area contributed by atoms with Crippen molar-refractivity contribution in [2.45, 2.75) is 0 Å². The normalized spacial score (nSPS) is 10.0. The van der Waals surface area contributed by atoms with Crippen LogP contribution >= 0.6 is 0 Å². The molecule has 1 aromatic carbocycles. The maximum atomic E-state index is 11.6. The summed E-state index contributed by atoms with van der Waals surface area (Å²) in [7, 11) is 0. The molecule has 4 heteroatoms. The molecular weight excluding hydrogens is 182 g/mol. The van der Waals surface area contributed by atoms with E-state index in [0.29, 0.717) is 5.56 Å². The Morgan fingerprint density at radius 3 is 2.57 bits per heavy atom. The zero-order valence-electron chi connectivity index (χ0n) is 7.18. The number of carbonyl (C=O) groups excluding carboxylic acids is 1. The van der Waals surface area contributed by atoms with Crippen molar-refractivity contribution >= 4 is 5.78 Å². The van der Waals surface area contributed by atoms with Crippen LogP contribution in [-0.2, 0) is 0 Å². The summed E-state index contributed by atoms with van der Waals surface area (Å²) in [5.41, 5.74) is 0.435. The van der Waals surface area contributed by atoms with E-state index in [1.165, 1.54) is 36.7 Å². The van der Waals surface area contributed by atoms with Crippen LogP contribution in [0.1, 0.15) is 16.2 Å². The van der Waals surface area contributed by atoms with Crippen LogP contribution in [0.15, 0.2) is 41.1 Å². The standard InChI is InChI=1S/C10H7NO3/c12-8-3-1-7(2-4-8)9(13)10-11-5-6-14-10/h1-6,12H. The fourth-order valence-corrected chi connectivity index (χ4v) is 1.07. The van der Waals surface area contributed by atoms with Crippen molar-refractivity contribution in [1.82, 2.24) is 4.98 Å². The van der Waals surface area contributed by atoms with Gasteiger partial charge in [0.05, 0.1) is 6.20 Å². The average Bonchev–Trinajstić information content (AvgIpc) is 2.71. The van der Waals surface area contributed by atoms with Gasteiger partial charge in [0.1, 0.15) is 12.0 Å². The van der Waals surface area contributed by atoms with E-state index in [4.69, 9.17) is 9.52 Å². The van der Waals surface area contributed by atoms with Gasteiger partial charge in [-0.3, -0.25) is 4.79 Å². The molecule has 0 spiro atoms. The van der Waals surface area contributed by atoms with Gasteiger partial charge in [-0.2, -0.15) is 0 Å². The average molecular weight is 189 g/mol. The second-order valence-electron chi connectivity index (χ2n) is 2.71. The van der Waals surface area contributed by atoms with Crippen LogP contribution in [0.4, 0.5) is 0 Å². The fourth-order valence-electron chi connectivity index (χ4n) is 1.07. The van der Waals surface area contributed by atoms with Gasteiger partial charge in [-0.05, 0) is 24.3 Å². The third-order valence-electron chi connectivity index (χ3n) is 1.76. The van der Waals surface area contributed by atoms with Gasteiger partial charge in [-0.25, -0.2) is 4.98 Å². The zero-order valence-corrected chi connectivity index (χ0v) is 7.18. The molecule has 0 atom stereocenters. The molecular formula is C10H7NO3. The molecule has 0 saturated heterocycles. The van der Waals surface area contributed by atoms with Crippen LogP contribution in [0.5, 0.6) is 5.75 Å². The summed E-state index contributed by atoms with van der Waals surface area (Å²) in [6.07, 6.45) is 2.75. The van der Waals surface area contributed by atoms with Crippen LogP contribution in [0, 0.1) is 0 Å². The third-order valence-corrected chi connectivity index (χ3v) is 1.76. The highest BCUT2D eigenvalue weighted by molar-refractivity contribution is 6.05. The number of phenols is 1. The Kier molecular flexibility index (Phi) is 2.02. The van der Waals surface area contributed by atoms with Gasteiger partial charge in [-0.1, -0.05) is 0 Å². The molecule has 1 N–H and O–H groups in total. The van der Waals surface area contributed by atoms with Crippen molar-refractivity contribution in [3.05, 3.63) is 48.2 Å². The predicted octanol–water partition coefficient (Wildman–Crippen LogP) is 1.61. The minimum absolute atomic E-state index is 0.0516. The highest BCUT2D eigenvalue weighted by Gasteiger charge is 2.12. The van der Waals surface area contributed by atoms with E-state index in [2.05, 4.69) is 4.98 Å². The first-order valence-corrected chi connectivity index (χ1v) is 4.00. The molecule has 0 radical (unpaired) electrons. The summed E-state index contributed by atoms with van der Waals surface area (Å²) in [5.74, 6) is -0.125. The topological polar surface area (TPSA) is 63.3 Å². The lowest BCUT2D eigenvalue weighted by Gasteiger charge is -1.96. The fraction of sp³-hybridized carbons (Fsp3) is 0. The third kappa shape index (κ3) is 1.50. The number of hydrogen-bond acceptors (Lipinski definition) is 4. The van der Waals surface area contributed by atoms with E-state index in [1.54, 1.807) is 0 Å². The molecule has 1 aromatic heterocycles. The second-order valence-corrected chi connectivity index (χ2v) is 2.71. The molecule has 0 unspecified atom stereocenters. The highest BCUT2D eigenvalue weighted by Crippen LogP contribution is 2.12. The lowest BCUT2D eigenvalue weighted by atomic mass is 10.1. The maximum absolute atomic E-state index is 11.6. The molecule has 1 heterocycles. The molecule has 0 aliphatic heterocycles. The van der Waals surface area contributed by atoms with E-state index in [-0.39, 0.29) is 17.4 Å². The number of rotatable bonds is 2. The monoisotopic (exact) mass is 189 g/mol. The summed E-state index contributed by atoms with van der Waals surface area (Å²) < 4.78 is 4.86. The summed E-state index contributed by atoms with van der Waals surface area (Å²) >= 11 is 0. The molecule has 0 saturated carbocycles. The predicted molar refractivity (Wildman–Crippen MR) is 48.0 cm³/mol. The van der Waals surface area contributed by atoms with Crippen molar-refractivity contribution in [1.29, 1.82) is 0 Å². The molecule has 2 rings (SSSR count). The largest absolute Gasteiger partial charge is 0.508 e. The van der Waals surface area contributed by atoms with Crippen LogP contribution in [0.2, 0.25) is 0 Å². The van der Waals surface area contributed by atoms with Crippen LogP contribution in [0.3, 0.4) is 0 Å². The van der Waals surface area contributed by atoms with Gasteiger partial charge in [0.2, 0.25) is 5.78 Å². The summed E-state index contributed by atoms with van der Waals surface area (Å²) in [5, 5.41) is 9.02. The number of carbonyl (C=O) groups is 1. The summed E-state index contributed by atoms with van der Waals surface area (Å²) in [6.45, 7) is 0. The number of aromatic nitrogens is 1. The molecule has 0 aliphatic carbocycles. The van der Waals surface area contributed by atoms with Gasteiger partial charge in [0.15, 0.2) is 0 Å². The molecule has 0 amide bonds. The molecule has 0 aliphatic rings. The Labute approximate surface area is 79.8 Å². The van der Waals surface area contributed by atoms with E-state index < -0.39 is 0 Å². The van der Waals surface area contributed by atoms with Crippen molar-refractivity contribution in [3.63, 3.8) is 0 Å². The Balaban J connectivity index is 2.33. The first-order valence-electron chi connectivity index (χ1n) is 4.00. The number of phenolic OH excluding ortho intramolecular Hbond substituents is 1. The number of aromatic hydroxyl groups is 1. The van der Waals surface area contributed by atoms with Crippen molar-refractivity contribution in [2.75, 3.05) is 0 Å². The number of oxazole rings is 1. The molecule has 0 bridgehead atoms. The van der Waals surface area contributed by atoms with Crippen LogP contribution < -0.4 is 0 Å². The number of ketones is 1. The first-order chi connectivity index (χ1) is 6.77. The molecule has 2 aromatic rings. The molecule has 0 fully saturated rings. The minimum Gasteiger partial charge on any atom is -0.508 e. The summed E-state index contributed by atoms with van der Waals surface area (Å²) in [4.78, 5) is 15.3. The van der Waals surface area contributed by atoms with E-state index >= 15 is 0 Å². The van der Waals surface area contributed by atoms with Crippen LogP contribution in [-0.4, -0.2) is 15.9 Å². The maximum Gasteiger partial charge on any atom is 0.268 e. The van der Waals surface area contributed by atoms with Gasteiger partial charge in [-0.15, -0.1) is 0 Å². The van der Waals surface area contributed by atoms with Gasteiger partial charge >= 0.3 is 0 Å². The Bertz CT molecular complexity index is 431. The lowest BCUT2D eigenvalue weighted by molar-refractivity contribution is 0.100. The van der Waals surface area contributed by atoms with Gasteiger partial charge in [0.25, 0.3) is 5.89 Å². The minimum atomic E-state index is -0.296. The van der Waals surface area contributed by atoms with Gasteiger partial charge in [0, 0.05) is 5.56 Å². The molecule has 70 valence electrons. The molecule has 14 heavy (non-hydrogen) atoms. The van der Waals surface area contributed by atoms with E-state index in [0.717, 1.165) is 0 Å². The SMILES string of the molecule is O=C(c1ccc(O)cc1)c1ncco1. The second kappa shape index (κ2) is 3.33. The van der Waals surface area contributed by atoms with Crippen LogP contribution in [0.25, 0.3) is 0 Å². The first kappa shape index (κ1) is 8.50. The number of hydrogen-bond donors (Lipinski definition) is 1. The number of nitrogens with zero attached hydrogens (tertiary/aromatic N) is 1. The zero-order chi connectivity index (χ0) is 9.97. The Morgan fingerprint density at radius 2 is 2.00 bits per heavy atom. The molecule has 4 nitrogen and oxygen atoms in total. The number of benzene rings is 1. The van der Waals surface area contributed by atoms with Crippen molar-refractivity contribution < 1.29 is 14.3 Å². The Hall–Kier alpha value is -2.10. The van der Waals surface area contributed by atoms with Crippen molar-refractivity contribution in [2.24, 2.45) is 0 Å². The Morgan fingerprint density at radius 1 is 1.29 bits per heavy atom.